The molecule has 1 aromatic heterocycles. The highest BCUT2D eigenvalue weighted by Crippen LogP contribution is 2.29. The smallest absolute Gasteiger partial charge is 0.224 e. The lowest BCUT2D eigenvalue weighted by Crippen LogP contribution is -2.50. The molecule has 0 N–H and O–H groups in total. The zero-order chi connectivity index (χ0) is 19.4. The Labute approximate surface area is 165 Å². The van der Waals surface area contributed by atoms with E-state index < -0.39 is 15.3 Å². The minimum absolute atomic E-state index is 0.107. The van der Waals surface area contributed by atoms with Gasteiger partial charge in [0.05, 0.1) is 5.02 Å². The van der Waals surface area contributed by atoms with Crippen LogP contribution in [0.4, 0.5) is 0 Å². The third-order valence-corrected chi connectivity index (χ3v) is 7.83. The number of carbonyl (C=O) groups excluding carboxylic acids is 1. The molecule has 2 aliphatic rings. The summed E-state index contributed by atoms with van der Waals surface area (Å²) in [4.78, 5) is 16.3. The molecule has 0 spiro atoms. The van der Waals surface area contributed by atoms with E-state index >= 15 is 0 Å². The van der Waals surface area contributed by atoms with Crippen molar-refractivity contribution in [3.63, 3.8) is 0 Å². The van der Waals surface area contributed by atoms with Crippen molar-refractivity contribution in [1.29, 1.82) is 0 Å². The van der Waals surface area contributed by atoms with Gasteiger partial charge in [-0.1, -0.05) is 11.6 Å². The third kappa shape index (κ3) is 4.99. The SMILES string of the molecule is CC(=O)C(C1CCOCC1)S(=O)(=O)N1CCC(Oc2ccc(Cl)cn2)CC1. The van der Waals surface area contributed by atoms with Crippen molar-refractivity contribution >= 4 is 27.4 Å². The number of carbonyl (C=O) groups is 1. The van der Waals surface area contributed by atoms with Crippen LogP contribution in [-0.2, 0) is 19.6 Å². The standard InChI is InChI=1S/C18H25ClN2O5S/c1-13(22)18(14-6-10-25-11-7-14)27(23,24)21-8-4-16(5-9-21)26-17-3-2-15(19)12-20-17/h2-3,12,14,16,18H,4-11H2,1H3. The van der Waals surface area contributed by atoms with Crippen LogP contribution in [0.3, 0.4) is 0 Å². The van der Waals surface area contributed by atoms with E-state index in [0.29, 0.717) is 62.9 Å². The molecule has 2 saturated heterocycles. The lowest BCUT2D eigenvalue weighted by molar-refractivity contribution is -0.118. The number of sulfonamides is 1. The first-order valence-corrected chi connectivity index (χ1v) is 11.1. The van der Waals surface area contributed by atoms with Gasteiger partial charge in [-0.3, -0.25) is 4.79 Å². The molecule has 0 aromatic carbocycles. The fourth-order valence-electron chi connectivity index (χ4n) is 3.77. The Morgan fingerprint density at radius 3 is 2.48 bits per heavy atom. The molecule has 2 aliphatic heterocycles. The summed E-state index contributed by atoms with van der Waals surface area (Å²) in [6.45, 7) is 3.07. The van der Waals surface area contributed by atoms with Crippen molar-refractivity contribution in [3.8, 4) is 5.88 Å². The summed E-state index contributed by atoms with van der Waals surface area (Å²) in [5.74, 6) is 0.0173. The van der Waals surface area contributed by atoms with Gasteiger partial charge in [-0.15, -0.1) is 0 Å². The summed E-state index contributed by atoms with van der Waals surface area (Å²) >= 11 is 5.82. The van der Waals surface area contributed by atoms with Gasteiger partial charge in [-0.25, -0.2) is 17.7 Å². The van der Waals surface area contributed by atoms with E-state index in [4.69, 9.17) is 21.1 Å². The van der Waals surface area contributed by atoms with Gasteiger partial charge >= 0.3 is 0 Å². The van der Waals surface area contributed by atoms with Crippen molar-refractivity contribution in [1.82, 2.24) is 9.29 Å². The maximum absolute atomic E-state index is 13.1. The van der Waals surface area contributed by atoms with Crippen molar-refractivity contribution in [3.05, 3.63) is 23.4 Å². The summed E-state index contributed by atoms with van der Waals surface area (Å²) in [6, 6.07) is 3.40. The van der Waals surface area contributed by atoms with E-state index in [2.05, 4.69) is 4.98 Å². The van der Waals surface area contributed by atoms with E-state index in [1.165, 1.54) is 17.4 Å². The highest BCUT2D eigenvalue weighted by Gasteiger charge is 2.42. The first kappa shape index (κ1) is 20.5. The number of nitrogens with zero attached hydrogens (tertiary/aromatic N) is 2. The van der Waals surface area contributed by atoms with Gasteiger partial charge in [-0.2, -0.15) is 0 Å². The van der Waals surface area contributed by atoms with Crippen molar-refractivity contribution < 1.29 is 22.7 Å². The molecule has 0 saturated carbocycles. The molecule has 3 rings (SSSR count). The number of piperidine rings is 1. The van der Waals surface area contributed by atoms with Crippen molar-refractivity contribution in [2.45, 2.75) is 44.0 Å². The normalized spacial score (nSPS) is 21.7. The van der Waals surface area contributed by atoms with E-state index in [9.17, 15) is 13.2 Å². The van der Waals surface area contributed by atoms with Crippen molar-refractivity contribution in [2.75, 3.05) is 26.3 Å². The first-order valence-electron chi connectivity index (χ1n) is 9.23. The van der Waals surface area contributed by atoms with Crippen LogP contribution < -0.4 is 4.74 Å². The van der Waals surface area contributed by atoms with Gasteiger partial charge in [0.15, 0.2) is 0 Å². The second kappa shape index (κ2) is 8.86. The van der Waals surface area contributed by atoms with Crippen molar-refractivity contribution in [2.24, 2.45) is 5.92 Å². The Morgan fingerprint density at radius 1 is 1.26 bits per heavy atom. The van der Waals surface area contributed by atoms with E-state index in [0.717, 1.165) is 0 Å². The van der Waals surface area contributed by atoms with E-state index in [1.807, 2.05) is 0 Å². The summed E-state index contributed by atoms with van der Waals surface area (Å²) in [7, 11) is -3.69. The Balaban J connectivity index is 1.62. The predicted octanol–water partition coefficient (Wildman–Crippen LogP) is 2.29. The number of rotatable bonds is 6. The number of aromatic nitrogens is 1. The molecule has 2 fully saturated rings. The van der Waals surface area contributed by atoms with Crippen LogP contribution in [0.25, 0.3) is 0 Å². The molecule has 0 amide bonds. The van der Waals surface area contributed by atoms with Crippen LogP contribution >= 0.6 is 11.6 Å². The summed E-state index contributed by atoms with van der Waals surface area (Å²) in [5.41, 5.74) is 0. The largest absolute Gasteiger partial charge is 0.474 e. The minimum atomic E-state index is -3.69. The Kier molecular flexibility index (Phi) is 6.73. The average Bonchev–Trinajstić information content (AvgIpc) is 2.64. The Hall–Kier alpha value is -1.22. The van der Waals surface area contributed by atoms with Gasteiger partial charge in [0, 0.05) is 38.6 Å². The van der Waals surface area contributed by atoms with Crippen LogP contribution in [-0.4, -0.2) is 61.1 Å². The van der Waals surface area contributed by atoms with Crippen LogP contribution in [0.2, 0.25) is 5.02 Å². The lowest BCUT2D eigenvalue weighted by atomic mass is 9.94. The van der Waals surface area contributed by atoms with Gasteiger partial charge in [0.1, 0.15) is 17.1 Å². The quantitative estimate of drug-likeness (QED) is 0.707. The molecule has 0 aliphatic carbocycles. The van der Waals surface area contributed by atoms with Gasteiger partial charge < -0.3 is 9.47 Å². The number of ether oxygens (including phenoxy) is 2. The average molecular weight is 417 g/mol. The molecule has 9 heteroatoms. The topological polar surface area (TPSA) is 85.8 Å². The van der Waals surface area contributed by atoms with Gasteiger partial charge in [-0.05, 0) is 44.6 Å². The summed E-state index contributed by atoms with van der Waals surface area (Å²) < 4.78 is 38.8. The molecule has 0 bridgehead atoms. The van der Waals surface area contributed by atoms with Gasteiger partial charge in [0.25, 0.3) is 0 Å². The number of hydrogen-bond donors (Lipinski definition) is 0. The molecule has 1 unspecified atom stereocenters. The highest BCUT2D eigenvalue weighted by atomic mass is 35.5. The van der Waals surface area contributed by atoms with Crippen LogP contribution in [0.1, 0.15) is 32.6 Å². The van der Waals surface area contributed by atoms with Crippen LogP contribution in [0.5, 0.6) is 5.88 Å². The maximum atomic E-state index is 13.1. The molecule has 3 heterocycles. The number of Topliss-reactive ketones (excluding diaryl/α,β-unsaturated/α-hetero) is 1. The first-order chi connectivity index (χ1) is 12.9. The molecular formula is C18H25ClN2O5S. The summed E-state index contributed by atoms with van der Waals surface area (Å²) in [5, 5.41) is -0.441. The minimum Gasteiger partial charge on any atom is -0.474 e. The maximum Gasteiger partial charge on any atom is 0.224 e. The molecular weight excluding hydrogens is 392 g/mol. The Bertz CT molecular complexity index is 742. The monoisotopic (exact) mass is 416 g/mol. The number of hydrogen-bond acceptors (Lipinski definition) is 6. The number of pyridine rings is 1. The van der Waals surface area contributed by atoms with Crippen LogP contribution in [0.15, 0.2) is 18.3 Å². The molecule has 1 aromatic rings. The number of halogens is 1. The number of ketones is 1. The fourth-order valence-corrected chi connectivity index (χ4v) is 6.10. The molecule has 7 nitrogen and oxygen atoms in total. The second-order valence-electron chi connectivity index (χ2n) is 7.06. The highest BCUT2D eigenvalue weighted by molar-refractivity contribution is 7.90. The summed E-state index contributed by atoms with van der Waals surface area (Å²) in [6.07, 6.45) is 3.73. The Morgan fingerprint density at radius 2 is 1.93 bits per heavy atom. The van der Waals surface area contributed by atoms with E-state index in [1.54, 1.807) is 12.1 Å². The molecule has 1 atom stereocenters. The second-order valence-corrected chi connectivity index (χ2v) is 9.55. The predicted molar refractivity (Wildman–Crippen MR) is 101 cm³/mol. The van der Waals surface area contributed by atoms with Gasteiger partial charge in [0.2, 0.25) is 15.9 Å². The zero-order valence-corrected chi connectivity index (χ0v) is 16.9. The van der Waals surface area contributed by atoms with Crippen LogP contribution in [0, 0.1) is 5.92 Å². The zero-order valence-electron chi connectivity index (χ0n) is 15.3. The molecule has 0 radical (unpaired) electrons. The molecule has 27 heavy (non-hydrogen) atoms. The lowest BCUT2D eigenvalue weighted by Gasteiger charge is -2.36. The fraction of sp³-hybridized carbons (Fsp3) is 0.667. The third-order valence-electron chi connectivity index (χ3n) is 5.16. The molecule has 150 valence electrons. The van der Waals surface area contributed by atoms with E-state index in [-0.39, 0.29) is 17.8 Å².